The van der Waals surface area contributed by atoms with Gasteiger partial charge in [0.25, 0.3) is 5.69 Å². The molecule has 0 aliphatic heterocycles. The van der Waals surface area contributed by atoms with Crippen molar-refractivity contribution in [3.05, 3.63) is 68.7 Å². The summed E-state index contributed by atoms with van der Waals surface area (Å²) in [5.41, 5.74) is 4.11. The lowest BCUT2D eigenvalue weighted by molar-refractivity contribution is -0.384. The van der Waals surface area contributed by atoms with Gasteiger partial charge in [-0.3, -0.25) is 16.0 Å². The quantitative estimate of drug-likeness (QED) is 0.485. The van der Waals surface area contributed by atoms with Crippen LogP contribution < -0.4 is 11.3 Å². The van der Waals surface area contributed by atoms with Crippen molar-refractivity contribution in [3.63, 3.8) is 0 Å². The Morgan fingerprint density at radius 2 is 1.90 bits per heavy atom. The van der Waals surface area contributed by atoms with E-state index in [-0.39, 0.29) is 18.0 Å². The normalized spacial score (nSPS) is 10.4. The molecule has 0 fully saturated rings. The van der Waals surface area contributed by atoms with Crippen LogP contribution in [-0.4, -0.2) is 4.92 Å². The summed E-state index contributed by atoms with van der Waals surface area (Å²) in [6, 6.07) is 12.0. The molecule has 2 rings (SSSR count). The van der Waals surface area contributed by atoms with E-state index in [1.165, 1.54) is 6.07 Å². The lowest BCUT2D eigenvalue weighted by Crippen LogP contribution is -2.09. The number of halogens is 1. The third-order valence-corrected chi connectivity index (χ3v) is 3.08. The maximum Gasteiger partial charge on any atom is 0.294 e. The Balaban J connectivity index is 2.00. The number of benzene rings is 2. The first-order valence-corrected chi connectivity index (χ1v) is 6.54. The van der Waals surface area contributed by atoms with Gasteiger partial charge in [-0.05, 0) is 29.3 Å². The van der Waals surface area contributed by atoms with Crippen LogP contribution >= 0.6 is 11.6 Å². The molecule has 0 atom stereocenters. The number of nitro benzene ring substituents is 1. The molecule has 110 valence electrons. The monoisotopic (exact) mass is 307 g/mol. The SMILES string of the molecule is NNc1ccc(COCc2cccc(Cl)c2)cc1[N+](=O)[O-]. The lowest BCUT2D eigenvalue weighted by atomic mass is 10.2. The van der Waals surface area contributed by atoms with E-state index in [4.69, 9.17) is 22.2 Å². The summed E-state index contributed by atoms with van der Waals surface area (Å²) in [6.07, 6.45) is 0. The van der Waals surface area contributed by atoms with Gasteiger partial charge in [0.15, 0.2) is 0 Å². The maximum absolute atomic E-state index is 10.9. The molecule has 0 heterocycles. The molecular weight excluding hydrogens is 294 g/mol. The molecule has 21 heavy (non-hydrogen) atoms. The largest absolute Gasteiger partial charge is 0.372 e. The molecule has 0 bridgehead atoms. The summed E-state index contributed by atoms with van der Waals surface area (Å²) in [4.78, 5) is 10.4. The van der Waals surface area contributed by atoms with Crippen molar-refractivity contribution in [1.82, 2.24) is 0 Å². The summed E-state index contributed by atoms with van der Waals surface area (Å²) in [5, 5.41) is 11.6. The van der Waals surface area contributed by atoms with E-state index in [9.17, 15) is 10.1 Å². The number of nitrogens with zero attached hydrogens (tertiary/aromatic N) is 1. The summed E-state index contributed by atoms with van der Waals surface area (Å²) >= 11 is 5.88. The minimum absolute atomic E-state index is 0.0821. The number of rotatable bonds is 6. The van der Waals surface area contributed by atoms with Gasteiger partial charge in [-0.25, -0.2) is 0 Å². The van der Waals surface area contributed by atoms with Gasteiger partial charge in [-0.15, -0.1) is 0 Å². The van der Waals surface area contributed by atoms with Crippen LogP contribution in [0.25, 0.3) is 0 Å². The second-order valence-electron chi connectivity index (χ2n) is 4.38. The molecule has 2 aromatic rings. The van der Waals surface area contributed by atoms with E-state index in [1.54, 1.807) is 18.2 Å². The van der Waals surface area contributed by atoms with Gasteiger partial charge >= 0.3 is 0 Å². The van der Waals surface area contributed by atoms with E-state index in [2.05, 4.69) is 5.43 Å². The van der Waals surface area contributed by atoms with Crippen LogP contribution in [0.5, 0.6) is 0 Å². The van der Waals surface area contributed by atoms with Crippen LogP contribution in [0.15, 0.2) is 42.5 Å². The molecule has 0 radical (unpaired) electrons. The highest BCUT2D eigenvalue weighted by atomic mass is 35.5. The van der Waals surface area contributed by atoms with Crippen LogP contribution in [0, 0.1) is 10.1 Å². The fraction of sp³-hybridized carbons (Fsp3) is 0.143. The zero-order valence-corrected chi connectivity index (χ0v) is 11.8. The van der Waals surface area contributed by atoms with Crippen molar-refractivity contribution in [2.24, 2.45) is 5.84 Å². The molecule has 0 saturated heterocycles. The van der Waals surface area contributed by atoms with Gasteiger partial charge in [0, 0.05) is 11.1 Å². The number of ether oxygens (including phenoxy) is 1. The highest BCUT2D eigenvalue weighted by molar-refractivity contribution is 6.30. The molecule has 0 aliphatic rings. The third-order valence-electron chi connectivity index (χ3n) is 2.84. The highest BCUT2D eigenvalue weighted by Gasteiger charge is 2.13. The van der Waals surface area contributed by atoms with Crippen LogP contribution in [-0.2, 0) is 18.0 Å². The first kappa shape index (κ1) is 15.2. The first-order chi connectivity index (χ1) is 10.1. The number of nitro groups is 1. The van der Waals surface area contributed by atoms with Crippen LogP contribution in [0.2, 0.25) is 5.02 Å². The van der Waals surface area contributed by atoms with Crippen molar-refractivity contribution in [2.75, 3.05) is 5.43 Å². The van der Waals surface area contributed by atoms with Crippen LogP contribution in [0.1, 0.15) is 11.1 Å². The maximum atomic E-state index is 10.9. The number of hydrogen-bond acceptors (Lipinski definition) is 5. The van der Waals surface area contributed by atoms with Crippen molar-refractivity contribution in [1.29, 1.82) is 0 Å². The molecule has 0 amide bonds. The summed E-state index contributed by atoms with van der Waals surface area (Å²) in [5.74, 6) is 5.23. The van der Waals surface area contributed by atoms with Crippen LogP contribution in [0.4, 0.5) is 11.4 Å². The molecule has 7 heteroatoms. The molecule has 0 saturated carbocycles. The van der Waals surface area contributed by atoms with Crippen molar-refractivity contribution in [2.45, 2.75) is 13.2 Å². The number of nitrogens with one attached hydrogen (secondary N) is 1. The fourth-order valence-corrected chi connectivity index (χ4v) is 2.07. The minimum atomic E-state index is -0.490. The molecular formula is C14H14ClN3O3. The van der Waals surface area contributed by atoms with Gasteiger partial charge < -0.3 is 10.2 Å². The Morgan fingerprint density at radius 1 is 1.19 bits per heavy atom. The fourth-order valence-electron chi connectivity index (χ4n) is 1.85. The Kier molecular flexibility index (Phi) is 5.10. The molecule has 6 nitrogen and oxygen atoms in total. The van der Waals surface area contributed by atoms with Gasteiger partial charge in [-0.2, -0.15) is 0 Å². The standard InChI is InChI=1S/C14H14ClN3O3/c15-12-3-1-2-10(6-12)8-21-9-11-4-5-13(17-16)14(7-11)18(19)20/h1-7,17H,8-9,16H2. The van der Waals surface area contributed by atoms with E-state index in [0.717, 1.165) is 5.56 Å². The molecule has 0 aromatic heterocycles. The average Bonchev–Trinajstić information content (AvgIpc) is 2.47. The lowest BCUT2D eigenvalue weighted by Gasteiger charge is -2.07. The summed E-state index contributed by atoms with van der Waals surface area (Å²) in [6.45, 7) is 0.642. The zero-order chi connectivity index (χ0) is 15.2. The molecule has 0 spiro atoms. The van der Waals surface area contributed by atoms with Gasteiger partial charge in [0.2, 0.25) is 0 Å². The minimum Gasteiger partial charge on any atom is -0.372 e. The predicted molar refractivity (Wildman–Crippen MR) is 80.9 cm³/mol. The number of nitrogen functional groups attached to an aromatic ring is 1. The molecule has 3 N–H and O–H groups in total. The smallest absolute Gasteiger partial charge is 0.294 e. The summed E-state index contributed by atoms with van der Waals surface area (Å²) in [7, 11) is 0. The van der Waals surface area contributed by atoms with Crippen molar-refractivity contribution < 1.29 is 9.66 Å². The predicted octanol–water partition coefficient (Wildman–Crippen LogP) is 3.25. The van der Waals surface area contributed by atoms with Gasteiger partial charge in [-0.1, -0.05) is 29.8 Å². The van der Waals surface area contributed by atoms with E-state index < -0.39 is 4.92 Å². The first-order valence-electron chi connectivity index (χ1n) is 6.16. The second-order valence-corrected chi connectivity index (χ2v) is 4.81. The van der Waals surface area contributed by atoms with Gasteiger partial charge in [0.05, 0.1) is 18.1 Å². The average molecular weight is 308 g/mol. The number of hydrazine groups is 1. The number of hydrogen-bond donors (Lipinski definition) is 2. The summed E-state index contributed by atoms with van der Waals surface area (Å²) < 4.78 is 5.54. The second kappa shape index (κ2) is 7.03. The third kappa shape index (κ3) is 4.16. The van der Waals surface area contributed by atoms with E-state index in [0.29, 0.717) is 17.2 Å². The Labute approximate surface area is 126 Å². The Morgan fingerprint density at radius 3 is 2.52 bits per heavy atom. The number of nitrogens with two attached hydrogens (primary N) is 1. The van der Waals surface area contributed by atoms with E-state index >= 15 is 0 Å². The topological polar surface area (TPSA) is 90.4 Å². The number of anilines is 1. The molecule has 0 unspecified atom stereocenters. The van der Waals surface area contributed by atoms with Gasteiger partial charge in [0.1, 0.15) is 5.69 Å². The Hall–Kier alpha value is -2.15. The zero-order valence-electron chi connectivity index (χ0n) is 11.1. The van der Waals surface area contributed by atoms with Crippen molar-refractivity contribution in [3.8, 4) is 0 Å². The molecule has 2 aromatic carbocycles. The van der Waals surface area contributed by atoms with Crippen LogP contribution in [0.3, 0.4) is 0 Å². The Bertz CT molecular complexity index is 649. The molecule has 0 aliphatic carbocycles. The van der Waals surface area contributed by atoms with E-state index in [1.807, 2.05) is 18.2 Å². The van der Waals surface area contributed by atoms with Crippen molar-refractivity contribution >= 4 is 23.0 Å². The highest BCUT2D eigenvalue weighted by Crippen LogP contribution is 2.25.